The van der Waals surface area contributed by atoms with Crippen molar-refractivity contribution in [3.63, 3.8) is 0 Å². The lowest BCUT2D eigenvalue weighted by Crippen LogP contribution is -2.70. The molecular weight excluding hydrogens is 602 g/mol. The van der Waals surface area contributed by atoms with Crippen LogP contribution in [-0.4, -0.2) is 92.3 Å². The number of carbonyl (C=O) groups is 2. The number of fused-ring (bicyclic) bond motifs is 9. The predicted molar refractivity (Wildman–Crippen MR) is 176 cm³/mol. The summed E-state index contributed by atoms with van der Waals surface area (Å²) in [5.74, 6) is 0.814. The summed E-state index contributed by atoms with van der Waals surface area (Å²) in [5, 5.41) is 1.08. The molecule has 10 nitrogen and oxygen atoms in total. The number of carbonyl (C=O) groups excluding carboxylic acids is 2. The van der Waals surface area contributed by atoms with Gasteiger partial charge < -0.3 is 19.1 Å². The number of methoxy groups -OCH3 is 1. The van der Waals surface area contributed by atoms with Crippen LogP contribution in [-0.2, 0) is 21.5 Å². The van der Waals surface area contributed by atoms with Crippen molar-refractivity contribution in [1.82, 2.24) is 23.4 Å². The molecule has 2 saturated heterocycles. The molecule has 4 heterocycles. The van der Waals surface area contributed by atoms with Crippen molar-refractivity contribution in [1.29, 1.82) is 0 Å². The number of likely N-dealkylation sites (N-methyl/N-ethyl adjacent to an activating group) is 1. The van der Waals surface area contributed by atoms with E-state index < -0.39 is 21.5 Å². The second-order valence-electron chi connectivity index (χ2n) is 14.5. The summed E-state index contributed by atoms with van der Waals surface area (Å²) in [5.41, 5.74) is 5.32. The standard InChI is InChI=1S/C35H43N5O5S/c1-37(2)46(43,44)36-33(41)22-10-12-27-30(14-22)39-20-35(34(42)40-23-15-24(40)19-38(3)18-23)17-29(35)28-16-25(45-4)11-13-26(28)32(39)31(27)21-8-6-5-7-9-21/h10-14,16,21,23-24,29H,5-9,15,17-20H2,1-4H3,(H,36,41)/t23?,24?,29-,35-/m0/s1. The average Bonchev–Trinajstić information content (AvgIpc) is 3.71. The summed E-state index contributed by atoms with van der Waals surface area (Å²) in [6.07, 6.45) is 7.61. The quantitative estimate of drug-likeness (QED) is 0.429. The maximum atomic E-state index is 14.8. The van der Waals surface area contributed by atoms with Crippen LogP contribution in [0.15, 0.2) is 36.4 Å². The Balaban J connectivity index is 1.32. The largest absolute Gasteiger partial charge is 0.497 e. The van der Waals surface area contributed by atoms with E-state index in [0.29, 0.717) is 12.5 Å². The second-order valence-corrected chi connectivity index (χ2v) is 16.4. The number of ether oxygens (including phenoxy) is 1. The molecule has 1 N–H and O–H groups in total. The summed E-state index contributed by atoms with van der Waals surface area (Å²) in [4.78, 5) is 32.6. The summed E-state index contributed by atoms with van der Waals surface area (Å²) in [6.45, 7) is 2.34. The highest BCUT2D eigenvalue weighted by molar-refractivity contribution is 7.87. The van der Waals surface area contributed by atoms with Gasteiger partial charge in [-0.2, -0.15) is 12.7 Å². The van der Waals surface area contributed by atoms with Crippen molar-refractivity contribution in [2.45, 2.75) is 75.4 Å². The molecule has 1 aromatic heterocycles. The molecule has 2 amide bonds. The molecule has 2 aromatic carbocycles. The first kappa shape index (κ1) is 30.0. The van der Waals surface area contributed by atoms with Gasteiger partial charge in [0.05, 0.1) is 18.2 Å². The molecule has 46 heavy (non-hydrogen) atoms. The van der Waals surface area contributed by atoms with Crippen molar-refractivity contribution in [3.05, 3.63) is 53.1 Å². The number of likely N-dealkylation sites (tertiary alicyclic amines) is 2. The molecule has 11 heteroatoms. The molecule has 2 saturated carbocycles. The number of piperidine rings is 1. The van der Waals surface area contributed by atoms with Crippen LogP contribution in [0.25, 0.3) is 22.2 Å². The van der Waals surface area contributed by atoms with Crippen LogP contribution in [0.5, 0.6) is 5.75 Å². The van der Waals surface area contributed by atoms with Gasteiger partial charge in [0.15, 0.2) is 0 Å². The second kappa shape index (κ2) is 10.6. The molecule has 5 aliphatic rings. The smallest absolute Gasteiger partial charge is 0.303 e. The lowest BCUT2D eigenvalue weighted by Gasteiger charge is -2.56. The van der Waals surface area contributed by atoms with Gasteiger partial charge in [-0.15, -0.1) is 0 Å². The number of benzene rings is 2. The first-order chi connectivity index (χ1) is 22.0. The van der Waals surface area contributed by atoms with E-state index in [1.54, 1.807) is 13.2 Å². The third-order valence-corrected chi connectivity index (χ3v) is 12.9. The number of rotatable bonds is 6. The molecule has 244 valence electrons. The molecule has 3 aromatic rings. The van der Waals surface area contributed by atoms with E-state index >= 15 is 0 Å². The van der Waals surface area contributed by atoms with Gasteiger partial charge in [-0.05, 0) is 80.1 Å². The first-order valence-electron chi connectivity index (χ1n) is 16.6. The fourth-order valence-corrected chi connectivity index (χ4v) is 9.63. The zero-order valence-electron chi connectivity index (χ0n) is 27.1. The van der Waals surface area contributed by atoms with Gasteiger partial charge in [-0.25, -0.2) is 4.72 Å². The van der Waals surface area contributed by atoms with Crippen molar-refractivity contribution < 1.29 is 22.7 Å². The Bertz CT molecular complexity index is 1870. The fraction of sp³-hybridized carbons (Fsp3) is 0.543. The van der Waals surface area contributed by atoms with E-state index in [1.165, 1.54) is 44.5 Å². The van der Waals surface area contributed by atoms with E-state index in [2.05, 4.69) is 38.3 Å². The number of nitrogens with zero attached hydrogens (tertiary/aromatic N) is 4. The Morgan fingerprint density at radius 3 is 2.46 bits per heavy atom. The van der Waals surface area contributed by atoms with Crippen LogP contribution in [0.1, 0.15) is 78.3 Å². The monoisotopic (exact) mass is 645 g/mol. The van der Waals surface area contributed by atoms with Crippen LogP contribution in [0, 0.1) is 5.41 Å². The maximum absolute atomic E-state index is 14.8. The van der Waals surface area contributed by atoms with Crippen LogP contribution in [0.4, 0.5) is 0 Å². The number of hydrogen-bond acceptors (Lipinski definition) is 6. The number of piperazine rings is 1. The molecule has 0 spiro atoms. The van der Waals surface area contributed by atoms with Gasteiger partial charge in [-0.3, -0.25) is 9.59 Å². The molecule has 8 rings (SSSR count). The van der Waals surface area contributed by atoms with E-state index in [9.17, 15) is 18.0 Å². The normalized spacial score (nSPS) is 27.3. The summed E-state index contributed by atoms with van der Waals surface area (Å²) >= 11 is 0. The Labute approximate surface area is 270 Å². The maximum Gasteiger partial charge on any atom is 0.303 e. The summed E-state index contributed by atoms with van der Waals surface area (Å²) in [6, 6.07) is 12.4. The summed E-state index contributed by atoms with van der Waals surface area (Å²) < 4.78 is 36.3. The highest BCUT2D eigenvalue weighted by Crippen LogP contribution is 2.67. The Hall–Kier alpha value is -3.41. The minimum atomic E-state index is -3.96. The van der Waals surface area contributed by atoms with Crippen LogP contribution >= 0.6 is 0 Å². The van der Waals surface area contributed by atoms with Gasteiger partial charge in [0.2, 0.25) is 5.91 Å². The van der Waals surface area contributed by atoms with Crippen molar-refractivity contribution >= 4 is 32.9 Å². The van der Waals surface area contributed by atoms with Gasteiger partial charge in [0.25, 0.3) is 5.91 Å². The van der Waals surface area contributed by atoms with Crippen LogP contribution in [0.2, 0.25) is 0 Å². The van der Waals surface area contributed by atoms with Crippen LogP contribution in [0.3, 0.4) is 0 Å². The minimum absolute atomic E-state index is 0.0787. The average molecular weight is 646 g/mol. The van der Waals surface area contributed by atoms with Crippen molar-refractivity contribution in [2.24, 2.45) is 5.41 Å². The molecule has 0 radical (unpaired) electrons. The number of nitrogens with one attached hydrogen (secondary N) is 1. The molecule has 4 atom stereocenters. The zero-order chi connectivity index (χ0) is 32.1. The minimum Gasteiger partial charge on any atom is -0.497 e. The molecule has 2 unspecified atom stereocenters. The number of hydrogen-bond donors (Lipinski definition) is 1. The Kier molecular flexibility index (Phi) is 6.87. The lowest BCUT2D eigenvalue weighted by molar-refractivity contribution is -0.159. The van der Waals surface area contributed by atoms with Gasteiger partial charge in [0.1, 0.15) is 5.75 Å². The van der Waals surface area contributed by atoms with E-state index in [1.807, 2.05) is 18.2 Å². The fourth-order valence-electron chi connectivity index (χ4n) is 9.10. The van der Waals surface area contributed by atoms with Crippen molar-refractivity contribution in [3.8, 4) is 17.0 Å². The van der Waals surface area contributed by atoms with Gasteiger partial charge in [0, 0.05) is 73.8 Å². The topological polar surface area (TPSA) is 104 Å². The Morgan fingerprint density at radius 2 is 1.76 bits per heavy atom. The van der Waals surface area contributed by atoms with Gasteiger partial charge >= 0.3 is 10.2 Å². The molecule has 2 bridgehead atoms. The summed E-state index contributed by atoms with van der Waals surface area (Å²) in [7, 11) is 2.65. The highest BCUT2D eigenvalue weighted by Gasteiger charge is 2.66. The lowest BCUT2D eigenvalue weighted by atomic mass is 9.81. The Morgan fingerprint density at radius 1 is 1.02 bits per heavy atom. The van der Waals surface area contributed by atoms with E-state index in [4.69, 9.17) is 4.74 Å². The molecule has 4 fully saturated rings. The third kappa shape index (κ3) is 4.45. The van der Waals surface area contributed by atoms with E-state index in [-0.39, 0.29) is 29.5 Å². The zero-order valence-corrected chi connectivity index (χ0v) is 27.9. The molecule has 2 aliphatic carbocycles. The SMILES string of the molecule is COc1ccc2c(c1)[C@@H]1C[C@]1(C(=O)N1C3CC1CN(C)C3)Cn1c-2c(C2CCCCC2)c2ccc(C(=O)NS(=O)(=O)N(C)C)cc21. The van der Waals surface area contributed by atoms with Gasteiger partial charge in [-0.1, -0.05) is 25.3 Å². The van der Waals surface area contributed by atoms with Crippen molar-refractivity contribution in [2.75, 3.05) is 41.3 Å². The first-order valence-corrected chi connectivity index (χ1v) is 18.1. The van der Waals surface area contributed by atoms with E-state index in [0.717, 1.165) is 71.0 Å². The number of amides is 2. The molecule has 3 aliphatic heterocycles. The third-order valence-electron chi connectivity index (χ3n) is 11.5. The highest BCUT2D eigenvalue weighted by atomic mass is 32.2. The predicted octanol–water partition coefficient (Wildman–Crippen LogP) is 4.30. The van der Waals surface area contributed by atoms with Crippen LogP contribution < -0.4 is 9.46 Å². The molecular formula is C35H43N5O5S. The number of aromatic nitrogens is 1.